The Balaban J connectivity index is 2.17. The van der Waals surface area contributed by atoms with E-state index in [1.807, 2.05) is 0 Å². The van der Waals surface area contributed by atoms with Crippen molar-refractivity contribution in [3.63, 3.8) is 0 Å². The number of hydrogen-bond donors (Lipinski definition) is 2. The van der Waals surface area contributed by atoms with Gasteiger partial charge < -0.3 is 20.1 Å². The van der Waals surface area contributed by atoms with Crippen molar-refractivity contribution in [2.45, 2.75) is 0 Å². The summed E-state index contributed by atoms with van der Waals surface area (Å²) in [5.41, 5.74) is 0. The van der Waals surface area contributed by atoms with E-state index >= 15 is 0 Å². The number of nitrogens with one attached hydrogen (secondary N) is 1. The minimum atomic E-state index is 0.233. The van der Waals surface area contributed by atoms with Gasteiger partial charge in [-0.1, -0.05) is 0 Å². The van der Waals surface area contributed by atoms with Gasteiger partial charge in [-0.25, -0.2) is 0 Å². The van der Waals surface area contributed by atoms with E-state index < -0.39 is 0 Å². The zero-order valence-corrected chi connectivity index (χ0v) is 10.6. The Hall–Kier alpha value is -0.430. The lowest BCUT2D eigenvalue weighted by molar-refractivity contribution is 0.146. The maximum Gasteiger partial charge on any atom is 0.169 e. The van der Waals surface area contributed by atoms with Crippen molar-refractivity contribution in [3.8, 4) is 0 Å². The predicted molar refractivity (Wildman–Crippen MR) is 67.6 cm³/mol. The van der Waals surface area contributed by atoms with E-state index in [2.05, 4.69) is 15.1 Å². The molecule has 0 spiro atoms. The first-order valence-corrected chi connectivity index (χ1v) is 6.03. The molecule has 16 heavy (non-hydrogen) atoms. The van der Waals surface area contributed by atoms with Gasteiger partial charge in [0.25, 0.3) is 0 Å². The fourth-order valence-corrected chi connectivity index (χ4v) is 1.97. The lowest BCUT2D eigenvalue weighted by Gasteiger charge is -2.35. The average Bonchev–Trinajstić information content (AvgIpc) is 2.30. The van der Waals surface area contributed by atoms with Gasteiger partial charge in [-0.05, 0) is 12.2 Å². The summed E-state index contributed by atoms with van der Waals surface area (Å²) in [5.74, 6) is 0. The Morgan fingerprint density at radius 3 is 2.62 bits per heavy atom. The van der Waals surface area contributed by atoms with Crippen molar-refractivity contribution < 1.29 is 9.84 Å². The summed E-state index contributed by atoms with van der Waals surface area (Å²) in [7, 11) is 1.68. The summed E-state index contributed by atoms with van der Waals surface area (Å²) in [6.45, 7) is 6.21. The minimum Gasteiger partial charge on any atom is -0.395 e. The van der Waals surface area contributed by atoms with Crippen molar-refractivity contribution in [1.29, 1.82) is 0 Å². The smallest absolute Gasteiger partial charge is 0.169 e. The number of β-amino-alcohol motifs (C(OH)–C–C–N with tert-alkyl or cyclic N) is 1. The van der Waals surface area contributed by atoms with Crippen LogP contribution < -0.4 is 5.32 Å². The normalized spacial score (nSPS) is 17.5. The van der Waals surface area contributed by atoms with E-state index in [0.29, 0.717) is 6.61 Å². The van der Waals surface area contributed by atoms with Crippen LogP contribution in [0.2, 0.25) is 0 Å². The molecule has 0 aliphatic carbocycles. The third kappa shape index (κ3) is 4.61. The van der Waals surface area contributed by atoms with Crippen molar-refractivity contribution in [1.82, 2.24) is 15.1 Å². The number of methoxy groups -OCH3 is 1. The Labute approximate surface area is 102 Å². The molecule has 5 nitrogen and oxygen atoms in total. The maximum atomic E-state index is 8.83. The monoisotopic (exact) mass is 247 g/mol. The highest BCUT2D eigenvalue weighted by molar-refractivity contribution is 7.80. The zero-order chi connectivity index (χ0) is 11.8. The van der Waals surface area contributed by atoms with Crippen LogP contribution in [0.1, 0.15) is 0 Å². The first-order chi connectivity index (χ1) is 7.77. The van der Waals surface area contributed by atoms with Gasteiger partial charge in [0.2, 0.25) is 0 Å². The van der Waals surface area contributed by atoms with Crippen molar-refractivity contribution >= 4 is 17.3 Å². The van der Waals surface area contributed by atoms with Gasteiger partial charge in [-0.3, -0.25) is 4.90 Å². The lowest BCUT2D eigenvalue weighted by atomic mass is 10.3. The molecular formula is C10H21N3O2S. The van der Waals surface area contributed by atoms with Gasteiger partial charge in [-0.2, -0.15) is 0 Å². The van der Waals surface area contributed by atoms with Gasteiger partial charge in [0, 0.05) is 46.4 Å². The molecule has 0 aromatic heterocycles. The first kappa shape index (κ1) is 13.6. The Morgan fingerprint density at radius 1 is 1.38 bits per heavy atom. The fourth-order valence-electron chi connectivity index (χ4n) is 1.69. The van der Waals surface area contributed by atoms with E-state index in [4.69, 9.17) is 22.1 Å². The van der Waals surface area contributed by atoms with Crippen LogP contribution in [-0.4, -0.2) is 79.6 Å². The second-order valence-corrected chi connectivity index (χ2v) is 4.16. The third-order valence-electron chi connectivity index (χ3n) is 2.66. The second kappa shape index (κ2) is 7.78. The molecule has 1 aliphatic heterocycles. The summed E-state index contributed by atoms with van der Waals surface area (Å²) in [5, 5.41) is 12.8. The molecule has 1 aliphatic rings. The Morgan fingerprint density at radius 2 is 2.06 bits per heavy atom. The maximum absolute atomic E-state index is 8.83. The molecule has 94 valence electrons. The number of aliphatic hydroxyl groups is 1. The molecule has 1 fully saturated rings. The molecule has 6 heteroatoms. The number of piperazine rings is 1. The largest absolute Gasteiger partial charge is 0.395 e. The first-order valence-electron chi connectivity index (χ1n) is 5.63. The molecule has 0 aromatic carbocycles. The molecule has 1 saturated heterocycles. The highest BCUT2D eigenvalue weighted by Crippen LogP contribution is 2.01. The molecule has 0 atom stereocenters. The minimum absolute atomic E-state index is 0.233. The van der Waals surface area contributed by atoms with E-state index in [-0.39, 0.29) is 6.61 Å². The molecule has 0 bridgehead atoms. The van der Waals surface area contributed by atoms with E-state index in [0.717, 1.165) is 44.4 Å². The molecule has 0 amide bonds. The number of ether oxygens (including phenoxy) is 1. The Bertz CT molecular complexity index is 208. The SMILES string of the molecule is COCCNC(=S)N1CCN(CCO)CC1. The summed E-state index contributed by atoms with van der Waals surface area (Å²) in [6.07, 6.45) is 0. The van der Waals surface area contributed by atoms with Crippen molar-refractivity contribution in [2.75, 3.05) is 59.6 Å². The van der Waals surface area contributed by atoms with Gasteiger partial charge in [0.05, 0.1) is 13.2 Å². The molecule has 0 saturated carbocycles. The number of hydrogen-bond acceptors (Lipinski definition) is 4. The Kier molecular flexibility index (Phi) is 6.63. The summed E-state index contributed by atoms with van der Waals surface area (Å²) < 4.78 is 4.95. The predicted octanol–water partition coefficient (Wildman–Crippen LogP) is -0.883. The third-order valence-corrected chi connectivity index (χ3v) is 3.06. The van der Waals surface area contributed by atoms with E-state index in [9.17, 15) is 0 Å². The van der Waals surface area contributed by atoms with Crippen LogP contribution in [0.4, 0.5) is 0 Å². The molecule has 0 radical (unpaired) electrons. The van der Waals surface area contributed by atoms with Crippen molar-refractivity contribution in [2.24, 2.45) is 0 Å². The van der Waals surface area contributed by atoms with E-state index in [1.54, 1.807) is 7.11 Å². The number of rotatable bonds is 5. The zero-order valence-electron chi connectivity index (χ0n) is 9.81. The van der Waals surface area contributed by atoms with Crippen LogP contribution in [0.15, 0.2) is 0 Å². The standard InChI is InChI=1S/C10H21N3O2S/c1-15-9-2-11-10(16)13-5-3-12(4-6-13)7-8-14/h14H,2-9H2,1H3,(H,11,16). The number of aliphatic hydroxyl groups excluding tert-OH is 1. The molecule has 1 heterocycles. The van der Waals surface area contributed by atoms with Crippen LogP contribution >= 0.6 is 12.2 Å². The fraction of sp³-hybridized carbons (Fsp3) is 0.900. The topological polar surface area (TPSA) is 48.0 Å². The van der Waals surface area contributed by atoms with Crippen molar-refractivity contribution in [3.05, 3.63) is 0 Å². The molecule has 1 rings (SSSR count). The molecule has 2 N–H and O–H groups in total. The molecular weight excluding hydrogens is 226 g/mol. The van der Waals surface area contributed by atoms with Gasteiger partial charge in [0.15, 0.2) is 5.11 Å². The van der Waals surface area contributed by atoms with Crippen LogP contribution in [-0.2, 0) is 4.74 Å². The number of thiocarbonyl (C=S) groups is 1. The average molecular weight is 247 g/mol. The van der Waals surface area contributed by atoms with Crippen LogP contribution in [0.5, 0.6) is 0 Å². The van der Waals surface area contributed by atoms with Crippen LogP contribution in [0.3, 0.4) is 0 Å². The molecule has 0 unspecified atom stereocenters. The highest BCUT2D eigenvalue weighted by Gasteiger charge is 2.17. The van der Waals surface area contributed by atoms with Gasteiger partial charge in [-0.15, -0.1) is 0 Å². The van der Waals surface area contributed by atoms with Gasteiger partial charge in [0.1, 0.15) is 0 Å². The summed E-state index contributed by atoms with van der Waals surface area (Å²) >= 11 is 5.28. The lowest BCUT2D eigenvalue weighted by Crippen LogP contribution is -2.52. The quantitative estimate of drug-likeness (QED) is 0.486. The number of nitrogens with zero attached hydrogens (tertiary/aromatic N) is 2. The highest BCUT2D eigenvalue weighted by atomic mass is 32.1. The van der Waals surface area contributed by atoms with Gasteiger partial charge >= 0.3 is 0 Å². The van der Waals surface area contributed by atoms with Crippen LogP contribution in [0, 0.1) is 0 Å². The summed E-state index contributed by atoms with van der Waals surface area (Å²) in [4.78, 5) is 4.41. The van der Waals surface area contributed by atoms with Crippen LogP contribution in [0.25, 0.3) is 0 Å². The second-order valence-electron chi connectivity index (χ2n) is 3.78. The molecule has 0 aromatic rings. The summed E-state index contributed by atoms with van der Waals surface area (Å²) in [6, 6.07) is 0. The van der Waals surface area contributed by atoms with E-state index in [1.165, 1.54) is 0 Å².